The molecule has 1 fully saturated rings. The van der Waals surface area contributed by atoms with Crippen molar-refractivity contribution in [3.05, 3.63) is 23.8 Å². The number of carbonyl (C=O) groups excluding carboxylic acids is 1. The van der Waals surface area contributed by atoms with E-state index < -0.39 is 0 Å². The summed E-state index contributed by atoms with van der Waals surface area (Å²) in [6.07, 6.45) is 4.73. The molecule has 2 unspecified atom stereocenters. The highest BCUT2D eigenvalue weighted by Gasteiger charge is 2.21. The molecular weight excluding hydrogens is 254 g/mol. The zero-order chi connectivity index (χ0) is 14.5. The van der Waals surface area contributed by atoms with Crippen molar-refractivity contribution in [3.63, 3.8) is 0 Å². The monoisotopic (exact) mass is 277 g/mol. The summed E-state index contributed by atoms with van der Waals surface area (Å²) < 4.78 is 11.0. The van der Waals surface area contributed by atoms with Crippen LogP contribution in [0.25, 0.3) is 0 Å². The molecule has 0 aliphatic heterocycles. The molecule has 4 nitrogen and oxygen atoms in total. The summed E-state index contributed by atoms with van der Waals surface area (Å²) in [4.78, 5) is 11.7. The number of esters is 1. The van der Waals surface area contributed by atoms with Crippen molar-refractivity contribution in [2.75, 3.05) is 12.3 Å². The third-order valence-electron chi connectivity index (χ3n) is 3.71. The van der Waals surface area contributed by atoms with E-state index >= 15 is 0 Å². The van der Waals surface area contributed by atoms with E-state index in [1.807, 2.05) is 0 Å². The van der Waals surface area contributed by atoms with Gasteiger partial charge >= 0.3 is 5.97 Å². The van der Waals surface area contributed by atoms with Gasteiger partial charge in [0.25, 0.3) is 0 Å². The van der Waals surface area contributed by atoms with Crippen LogP contribution < -0.4 is 10.5 Å². The van der Waals surface area contributed by atoms with E-state index in [4.69, 9.17) is 15.2 Å². The third-order valence-corrected chi connectivity index (χ3v) is 3.71. The van der Waals surface area contributed by atoms with E-state index in [-0.39, 0.29) is 12.1 Å². The Labute approximate surface area is 120 Å². The fourth-order valence-electron chi connectivity index (χ4n) is 2.64. The number of hydrogen-bond acceptors (Lipinski definition) is 4. The lowest BCUT2D eigenvalue weighted by molar-refractivity contribution is 0.0525. The molecule has 1 saturated carbocycles. The molecule has 2 N–H and O–H groups in total. The van der Waals surface area contributed by atoms with E-state index in [0.717, 1.165) is 12.8 Å². The molecule has 0 heterocycles. The molecule has 4 heteroatoms. The Morgan fingerprint density at radius 2 is 2.20 bits per heavy atom. The van der Waals surface area contributed by atoms with Crippen molar-refractivity contribution in [1.29, 1.82) is 0 Å². The van der Waals surface area contributed by atoms with Crippen LogP contribution in [-0.2, 0) is 4.74 Å². The lowest BCUT2D eigenvalue weighted by atomic mass is 9.89. The number of nitrogens with two attached hydrogens (primary N) is 1. The molecule has 0 bridgehead atoms. The van der Waals surface area contributed by atoms with Crippen molar-refractivity contribution in [3.8, 4) is 5.75 Å². The minimum Gasteiger partial charge on any atom is -0.488 e. The van der Waals surface area contributed by atoms with Crippen LogP contribution >= 0.6 is 0 Å². The number of hydrogen-bond donors (Lipinski definition) is 1. The summed E-state index contributed by atoms with van der Waals surface area (Å²) in [6.45, 7) is 4.39. The zero-order valence-corrected chi connectivity index (χ0v) is 12.2. The van der Waals surface area contributed by atoms with Crippen molar-refractivity contribution in [2.45, 2.75) is 45.6 Å². The first-order valence-corrected chi connectivity index (χ1v) is 7.33. The molecule has 0 radical (unpaired) electrons. The number of carbonyl (C=O) groups is 1. The van der Waals surface area contributed by atoms with Gasteiger partial charge in [-0.15, -0.1) is 0 Å². The maximum atomic E-state index is 11.7. The molecule has 1 aromatic rings. The second-order valence-corrected chi connectivity index (χ2v) is 5.48. The van der Waals surface area contributed by atoms with Crippen molar-refractivity contribution < 1.29 is 14.3 Å². The van der Waals surface area contributed by atoms with Crippen LogP contribution in [0, 0.1) is 5.92 Å². The van der Waals surface area contributed by atoms with Gasteiger partial charge in [0.1, 0.15) is 5.75 Å². The van der Waals surface area contributed by atoms with Crippen LogP contribution in [0.3, 0.4) is 0 Å². The Hall–Kier alpha value is -1.71. The second kappa shape index (κ2) is 6.64. The first kappa shape index (κ1) is 14.7. The zero-order valence-electron chi connectivity index (χ0n) is 12.2. The standard InChI is InChI=1S/C16H23NO3/c1-3-19-16(18)12-7-8-14(17)15(10-12)20-13-6-4-5-11(2)9-13/h7-8,10-11,13H,3-6,9,17H2,1-2H3. The van der Waals surface area contributed by atoms with Crippen LogP contribution in [0.4, 0.5) is 5.69 Å². The van der Waals surface area contributed by atoms with Crippen molar-refractivity contribution in [2.24, 2.45) is 5.92 Å². The van der Waals surface area contributed by atoms with Crippen molar-refractivity contribution >= 4 is 11.7 Å². The summed E-state index contributed by atoms with van der Waals surface area (Å²) in [5, 5.41) is 0. The van der Waals surface area contributed by atoms with Crippen LogP contribution in [0.5, 0.6) is 5.75 Å². The molecule has 0 spiro atoms. The van der Waals surface area contributed by atoms with E-state index in [0.29, 0.717) is 29.5 Å². The Kier molecular flexibility index (Phi) is 4.88. The normalized spacial score (nSPS) is 22.3. The van der Waals surface area contributed by atoms with Crippen LogP contribution in [0.2, 0.25) is 0 Å². The highest BCUT2D eigenvalue weighted by atomic mass is 16.5. The minimum atomic E-state index is -0.339. The fourth-order valence-corrected chi connectivity index (χ4v) is 2.64. The predicted octanol–water partition coefficient (Wildman–Crippen LogP) is 3.40. The first-order chi connectivity index (χ1) is 9.60. The van der Waals surface area contributed by atoms with Gasteiger partial charge in [-0.25, -0.2) is 4.79 Å². The van der Waals surface area contributed by atoms with Crippen LogP contribution in [0.1, 0.15) is 49.9 Å². The lowest BCUT2D eigenvalue weighted by Gasteiger charge is -2.28. The van der Waals surface area contributed by atoms with E-state index in [2.05, 4.69) is 6.92 Å². The number of anilines is 1. The van der Waals surface area contributed by atoms with Crippen LogP contribution in [-0.4, -0.2) is 18.7 Å². The van der Waals surface area contributed by atoms with Crippen molar-refractivity contribution in [1.82, 2.24) is 0 Å². The quantitative estimate of drug-likeness (QED) is 0.676. The third kappa shape index (κ3) is 3.65. The molecule has 20 heavy (non-hydrogen) atoms. The first-order valence-electron chi connectivity index (χ1n) is 7.33. The van der Waals surface area contributed by atoms with Gasteiger partial charge in [-0.2, -0.15) is 0 Å². The van der Waals surface area contributed by atoms with Gasteiger partial charge in [-0.05, 0) is 50.3 Å². The summed E-state index contributed by atoms with van der Waals surface area (Å²) in [5.41, 5.74) is 6.99. The maximum absolute atomic E-state index is 11.7. The Bertz CT molecular complexity index is 473. The number of nitrogen functional groups attached to an aromatic ring is 1. The van der Waals surface area contributed by atoms with Gasteiger partial charge in [0, 0.05) is 0 Å². The van der Waals surface area contributed by atoms with Gasteiger partial charge in [0.15, 0.2) is 0 Å². The highest BCUT2D eigenvalue weighted by molar-refractivity contribution is 5.90. The second-order valence-electron chi connectivity index (χ2n) is 5.48. The average Bonchev–Trinajstić information content (AvgIpc) is 2.41. The smallest absolute Gasteiger partial charge is 0.338 e. The topological polar surface area (TPSA) is 61.5 Å². The molecule has 0 aromatic heterocycles. The van der Waals surface area contributed by atoms with Gasteiger partial charge in [0.2, 0.25) is 0 Å². The van der Waals surface area contributed by atoms with E-state index in [1.165, 1.54) is 12.8 Å². The predicted molar refractivity (Wildman–Crippen MR) is 78.9 cm³/mol. The minimum absolute atomic E-state index is 0.193. The number of benzene rings is 1. The highest BCUT2D eigenvalue weighted by Crippen LogP contribution is 2.30. The molecule has 2 rings (SSSR count). The van der Waals surface area contributed by atoms with Gasteiger partial charge < -0.3 is 15.2 Å². The Morgan fingerprint density at radius 1 is 1.40 bits per heavy atom. The summed E-state index contributed by atoms with van der Waals surface area (Å²) in [6, 6.07) is 5.06. The molecule has 1 aliphatic carbocycles. The van der Waals surface area contributed by atoms with Gasteiger partial charge in [-0.3, -0.25) is 0 Å². The molecule has 1 aromatic carbocycles. The maximum Gasteiger partial charge on any atom is 0.338 e. The van der Waals surface area contributed by atoms with Crippen LogP contribution in [0.15, 0.2) is 18.2 Å². The number of ether oxygens (including phenoxy) is 2. The van der Waals surface area contributed by atoms with E-state index in [9.17, 15) is 4.79 Å². The molecule has 110 valence electrons. The Morgan fingerprint density at radius 3 is 2.90 bits per heavy atom. The SMILES string of the molecule is CCOC(=O)c1ccc(N)c(OC2CCCC(C)C2)c1. The summed E-state index contributed by atoms with van der Waals surface area (Å²) in [7, 11) is 0. The van der Waals surface area contributed by atoms with Gasteiger partial charge in [-0.1, -0.05) is 13.3 Å². The summed E-state index contributed by atoms with van der Waals surface area (Å²) in [5.74, 6) is 0.937. The average molecular weight is 277 g/mol. The van der Waals surface area contributed by atoms with Gasteiger partial charge in [0.05, 0.1) is 24.0 Å². The molecule has 2 atom stereocenters. The van der Waals surface area contributed by atoms with E-state index in [1.54, 1.807) is 25.1 Å². The molecule has 1 aliphatic rings. The fraction of sp³-hybridized carbons (Fsp3) is 0.562. The Balaban J connectivity index is 2.10. The number of rotatable bonds is 4. The lowest BCUT2D eigenvalue weighted by Crippen LogP contribution is -2.24. The largest absolute Gasteiger partial charge is 0.488 e. The molecule has 0 amide bonds. The molecule has 0 saturated heterocycles. The summed E-state index contributed by atoms with van der Waals surface area (Å²) >= 11 is 0. The molecular formula is C16H23NO3.